The third-order valence-corrected chi connectivity index (χ3v) is 8.53. The SMILES string of the molecule is COc1ccc([C@@H]2CCN(CCc3ccccc3)C3(CC3)[C@H]2COc2ccc3c(c2)C(=O)NC3)cc1. The predicted molar refractivity (Wildman–Crippen MR) is 141 cm³/mol. The van der Waals surface area contributed by atoms with Crippen LogP contribution in [0.1, 0.15) is 52.2 Å². The van der Waals surface area contributed by atoms with Gasteiger partial charge in [-0.25, -0.2) is 0 Å². The quantitative estimate of drug-likeness (QED) is 0.480. The summed E-state index contributed by atoms with van der Waals surface area (Å²) in [6, 6.07) is 25.4. The number of likely N-dealkylation sites (tertiary alicyclic amines) is 1. The third kappa shape index (κ3) is 4.37. The summed E-state index contributed by atoms with van der Waals surface area (Å²) in [5.41, 5.74) is 4.74. The van der Waals surface area contributed by atoms with Crippen molar-refractivity contribution in [1.82, 2.24) is 10.2 Å². The predicted octanol–water partition coefficient (Wildman–Crippen LogP) is 5.20. The molecule has 1 amide bonds. The van der Waals surface area contributed by atoms with Crippen molar-refractivity contribution in [2.45, 2.75) is 43.7 Å². The van der Waals surface area contributed by atoms with E-state index in [1.807, 2.05) is 18.2 Å². The number of carbonyl (C=O) groups is 1. The van der Waals surface area contributed by atoms with E-state index in [1.165, 1.54) is 24.0 Å². The lowest BCUT2D eigenvalue weighted by atomic mass is 9.74. The van der Waals surface area contributed by atoms with E-state index in [0.29, 0.717) is 25.0 Å². The Balaban J connectivity index is 1.24. The van der Waals surface area contributed by atoms with Gasteiger partial charge in [0.15, 0.2) is 0 Å². The topological polar surface area (TPSA) is 50.8 Å². The van der Waals surface area contributed by atoms with Crippen LogP contribution >= 0.6 is 0 Å². The number of hydrogen-bond donors (Lipinski definition) is 1. The van der Waals surface area contributed by atoms with E-state index in [2.05, 4.69) is 64.8 Å². The van der Waals surface area contributed by atoms with Gasteiger partial charge in [-0.15, -0.1) is 0 Å². The molecular weight excluding hydrogens is 448 g/mol. The van der Waals surface area contributed by atoms with Crippen LogP contribution < -0.4 is 14.8 Å². The van der Waals surface area contributed by atoms with Crippen molar-refractivity contribution in [3.63, 3.8) is 0 Å². The Bertz CT molecular complexity index is 1220. The molecule has 0 radical (unpaired) electrons. The summed E-state index contributed by atoms with van der Waals surface area (Å²) in [6.45, 7) is 3.45. The van der Waals surface area contributed by atoms with E-state index in [-0.39, 0.29) is 11.4 Å². The van der Waals surface area contributed by atoms with E-state index in [4.69, 9.17) is 9.47 Å². The summed E-state index contributed by atoms with van der Waals surface area (Å²) >= 11 is 0. The van der Waals surface area contributed by atoms with Crippen LogP contribution in [-0.2, 0) is 13.0 Å². The number of carbonyl (C=O) groups excluding carboxylic acids is 1. The fourth-order valence-corrected chi connectivity index (χ4v) is 6.38. The van der Waals surface area contributed by atoms with Crippen molar-refractivity contribution in [1.29, 1.82) is 0 Å². The first-order valence-corrected chi connectivity index (χ1v) is 13.1. The number of ether oxygens (including phenoxy) is 2. The highest BCUT2D eigenvalue weighted by atomic mass is 16.5. The van der Waals surface area contributed by atoms with Crippen molar-refractivity contribution >= 4 is 5.91 Å². The van der Waals surface area contributed by atoms with Crippen molar-refractivity contribution in [3.05, 3.63) is 95.1 Å². The van der Waals surface area contributed by atoms with Gasteiger partial charge >= 0.3 is 0 Å². The first-order chi connectivity index (χ1) is 17.7. The molecule has 186 valence electrons. The smallest absolute Gasteiger partial charge is 0.252 e. The minimum atomic E-state index is -0.00465. The molecule has 3 aromatic rings. The molecule has 1 saturated heterocycles. The number of nitrogens with one attached hydrogen (secondary N) is 1. The highest BCUT2D eigenvalue weighted by Crippen LogP contribution is 2.56. The molecule has 0 aromatic heterocycles. The first kappa shape index (κ1) is 23.1. The molecule has 2 heterocycles. The van der Waals surface area contributed by atoms with Gasteiger partial charge in [-0.2, -0.15) is 0 Å². The molecule has 6 rings (SSSR count). The Morgan fingerprint density at radius 3 is 2.53 bits per heavy atom. The third-order valence-electron chi connectivity index (χ3n) is 8.53. The molecule has 5 nitrogen and oxygen atoms in total. The Labute approximate surface area is 213 Å². The van der Waals surface area contributed by atoms with Crippen LogP contribution in [-0.4, -0.2) is 43.2 Å². The molecule has 3 aromatic carbocycles. The van der Waals surface area contributed by atoms with Gasteiger partial charge < -0.3 is 14.8 Å². The maximum absolute atomic E-state index is 12.2. The highest BCUT2D eigenvalue weighted by Gasteiger charge is 2.58. The zero-order valence-electron chi connectivity index (χ0n) is 20.9. The van der Waals surface area contributed by atoms with Crippen molar-refractivity contribution in [2.24, 2.45) is 5.92 Å². The van der Waals surface area contributed by atoms with Crippen LogP contribution in [0.3, 0.4) is 0 Å². The number of rotatable bonds is 8. The summed E-state index contributed by atoms with van der Waals surface area (Å²) in [5, 5.41) is 2.90. The minimum Gasteiger partial charge on any atom is -0.497 e. The Morgan fingerprint density at radius 1 is 1.00 bits per heavy atom. The molecule has 1 aliphatic carbocycles. The van der Waals surface area contributed by atoms with Crippen LogP contribution in [0.25, 0.3) is 0 Å². The molecule has 2 aliphatic heterocycles. The molecule has 1 saturated carbocycles. The summed E-state index contributed by atoms with van der Waals surface area (Å²) < 4.78 is 11.9. The van der Waals surface area contributed by atoms with Gasteiger partial charge in [0, 0.05) is 30.1 Å². The van der Waals surface area contributed by atoms with Gasteiger partial charge in [0.1, 0.15) is 11.5 Å². The summed E-state index contributed by atoms with van der Waals surface area (Å²) in [6.07, 6.45) is 4.62. The second-order valence-electron chi connectivity index (χ2n) is 10.4. The van der Waals surface area contributed by atoms with Crippen LogP contribution in [0.2, 0.25) is 0 Å². The molecule has 2 fully saturated rings. The average molecular weight is 483 g/mol. The lowest BCUT2D eigenvalue weighted by molar-refractivity contribution is 0.0297. The van der Waals surface area contributed by atoms with Crippen LogP contribution in [0.15, 0.2) is 72.8 Å². The van der Waals surface area contributed by atoms with Gasteiger partial charge in [0.25, 0.3) is 5.91 Å². The highest BCUT2D eigenvalue weighted by molar-refractivity contribution is 5.98. The number of piperidine rings is 1. The zero-order valence-corrected chi connectivity index (χ0v) is 20.9. The van der Waals surface area contributed by atoms with Gasteiger partial charge in [-0.3, -0.25) is 9.69 Å². The second-order valence-corrected chi connectivity index (χ2v) is 10.4. The number of benzene rings is 3. The van der Waals surface area contributed by atoms with E-state index in [9.17, 15) is 4.79 Å². The van der Waals surface area contributed by atoms with Gasteiger partial charge in [-0.1, -0.05) is 48.5 Å². The fraction of sp³-hybridized carbons (Fsp3) is 0.387. The monoisotopic (exact) mass is 482 g/mol. The molecule has 0 unspecified atom stereocenters. The summed E-state index contributed by atoms with van der Waals surface area (Å²) in [5.74, 6) is 2.50. The molecular formula is C31H34N2O3. The second kappa shape index (κ2) is 9.62. The lowest BCUT2D eigenvalue weighted by Gasteiger charge is -2.47. The molecule has 2 atom stereocenters. The standard InChI is InChI=1S/C31H34N2O3/c1-35-25-10-7-23(8-11-25)27-14-18-33(17-13-22-5-3-2-4-6-22)31(15-16-31)29(27)21-36-26-12-9-24-20-32-30(34)28(24)19-26/h2-12,19,27,29H,13-18,20-21H2,1H3,(H,32,34)/t27-,29-/m0/s1. The Morgan fingerprint density at radius 2 is 1.78 bits per heavy atom. The maximum Gasteiger partial charge on any atom is 0.252 e. The number of fused-ring (bicyclic) bond motifs is 1. The number of amides is 1. The van der Waals surface area contributed by atoms with Gasteiger partial charge in [0.05, 0.1) is 13.7 Å². The van der Waals surface area contributed by atoms with Gasteiger partial charge in [-0.05, 0) is 79.1 Å². The molecule has 1 spiro atoms. The van der Waals surface area contributed by atoms with Crippen molar-refractivity contribution in [3.8, 4) is 11.5 Å². The Kier molecular flexibility index (Phi) is 6.18. The van der Waals surface area contributed by atoms with Crippen molar-refractivity contribution < 1.29 is 14.3 Å². The fourth-order valence-electron chi connectivity index (χ4n) is 6.38. The average Bonchev–Trinajstić information content (AvgIpc) is 3.63. The van der Waals surface area contributed by atoms with E-state index < -0.39 is 0 Å². The van der Waals surface area contributed by atoms with Crippen LogP contribution in [0.5, 0.6) is 11.5 Å². The first-order valence-electron chi connectivity index (χ1n) is 13.1. The number of hydrogen-bond acceptors (Lipinski definition) is 4. The molecule has 3 aliphatic rings. The number of nitrogens with zero attached hydrogens (tertiary/aromatic N) is 1. The molecule has 1 N–H and O–H groups in total. The molecule has 0 bridgehead atoms. The largest absolute Gasteiger partial charge is 0.497 e. The van der Waals surface area contributed by atoms with Gasteiger partial charge in [0.2, 0.25) is 0 Å². The minimum absolute atomic E-state index is 0.00465. The van der Waals surface area contributed by atoms with E-state index in [1.54, 1.807) is 7.11 Å². The summed E-state index contributed by atoms with van der Waals surface area (Å²) in [4.78, 5) is 14.9. The van der Waals surface area contributed by atoms with E-state index >= 15 is 0 Å². The molecule has 5 heteroatoms. The maximum atomic E-state index is 12.2. The normalized spacial score (nSPS) is 22.2. The lowest BCUT2D eigenvalue weighted by Crippen LogP contribution is -2.53. The summed E-state index contributed by atoms with van der Waals surface area (Å²) in [7, 11) is 1.72. The van der Waals surface area contributed by atoms with Crippen molar-refractivity contribution in [2.75, 3.05) is 26.8 Å². The van der Waals surface area contributed by atoms with E-state index in [0.717, 1.165) is 48.6 Å². The number of methoxy groups -OCH3 is 1. The zero-order chi connectivity index (χ0) is 24.5. The Hall–Kier alpha value is -3.31. The van der Waals surface area contributed by atoms with Crippen LogP contribution in [0.4, 0.5) is 0 Å². The van der Waals surface area contributed by atoms with Crippen LogP contribution in [0, 0.1) is 5.92 Å². The molecule has 36 heavy (non-hydrogen) atoms.